The van der Waals surface area contributed by atoms with E-state index in [2.05, 4.69) is 51.2 Å². The van der Waals surface area contributed by atoms with Gasteiger partial charge in [-0.15, -0.1) is 11.3 Å². The Morgan fingerprint density at radius 2 is 2.20 bits per heavy atom. The van der Waals surface area contributed by atoms with Gasteiger partial charge in [0.25, 0.3) is 0 Å². The van der Waals surface area contributed by atoms with Crippen molar-refractivity contribution in [1.29, 1.82) is 0 Å². The lowest BCUT2D eigenvalue weighted by molar-refractivity contribution is -0.117. The van der Waals surface area contributed by atoms with Gasteiger partial charge in [-0.25, -0.2) is 0 Å². The first kappa shape index (κ1) is 15.5. The maximum Gasteiger partial charge on any atom is 0.238 e. The molecule has 106 valence electrons. The Kier molecular flexibility index (Phi) is 6.00. The van der Waals surface area contributed by atoms with Crippen molar-refractivity contribution in [1.82, 2.24) is 4.90 Å². The Labute approximate surface area is 137 Å². The van der Waals surface area contributed by atoms with E-state index in [1.807, 2.05) is 30.3 Å². The summed E-state index contributed by atoms with van der Waals surface area (Å²) in [5.41, 5.74) is 0.856. The number of hydrogen-bond acceptors (Lipinski definition) is 3. The molecule has 0 aliphatic carbocycles. The number of halogens is 1. The van der Waals surface area contributed by atoms with Crippen molar-refractivity contribution >= 4 is 45.5 Å². The van der Waals surface area contributed by atoms with Gasteiger partial charge in [0.05, 0.1) is 6.54 Å². The number of carbonyl (C=O) groups excluding carboxylic acids is 1. The van der Waals surface area contributed by atoms with Crippen molar-refractivity contribution in [3.63, 3.8) is 0 Å². The van der Waals surface area contributed by atoms with Gasteiger partial charge in [-0.3, -0.25) is 9.69 Å². The standard InChI is InChI=1S/C15H17IN2OS/c1-2-18(10-14-7-4-8-20-14)11-15(19)17-13-6-3-5-12(16)9-13/h3-9H,2,10-11H2,1H3,(H,17,19). The van der Waals surface area contributed by atoms with Gasteiger partial charge in [-0.2, -0.15) is 0 Å². The summed E-state index contributed by atoms with van der Waals surface area (Å²) in [6, 6.07) is 12.0. The number of likely N-dealkylation sites (N-methyl/N-ethyl adjacent to an activating group) is 1. The van der Waals surface area contributed by atoms with Gasteiger partial charge < -0.3 is 5.32 Å². The normalized spacial score (nSPS) is 10.8. The van der Waals surface area contributed by atoms with Crippen LogP contribution in [0.1, 0.15) is 11.8 Å². The predicted octanol–water partition coefficient (Wildman–Crippen LogP) is 3.81. The zero-order valence-corrected chi connectivity index (χ0v) is 14.3. The number of benzene rings is 1. The molecule has 20 heavy (non-hydrogen) atoms. The highest BCUT2D eigenvalue weighted by atomic mass is 127. The molecular weight excluding hydrogens is 383 g/mol. The molecule has 0 bridgehead atoms. The van der Waals surface area contributed by atoms with Crippen LogP contribution < -0.4 is 5.32 Å². The zero-order chi connectivity index (χ0) is 14.4. The number of thiophene rings is 1. The van der Waals surface area contributed by atoms with E-state index in [1.165, 1.54) is 4.88 Å². The van der Waals surface area contributed by atoms with Gasteiger partial charge in [0.2, 0.25) is 5.91 Å². The summed E-state index contributed by atoms with van der Waals surface area (Å²) in [5.74, 6) is 0.0328. The minimum atomic E-state index is 0.0328. The number of anilines is 1. The fourth-order valence-electron chi connectivity index (χ4n) is 1.87. The molecule has 1 N–H and O–H groups in total. The molecule has 2 rings (SSSR count). The first-order valence-corrected chi connectivity index (χ1v) is 8.43. The average Bonchev–Trinajstić information content (AvgIpc) is 2.90. The SMILES string of the molecule is CCN(CC(=O)Nc1cccc(I)c1)Cc1cccs1. The van der Waals surface area contributed by atoms with Gasteiger partial charge >= 0.3 is 0 Å². The Morgan fingerprint density at radius 1 is 1.35 bits per heavy atom. The summed E-state index contributed by atoms with van der Waals surface area (Å²) in [5, 5.41) is 5.01. The van der Waals surface area contributed by atoms with E-state index in [-0.39, 0.29) is 5.91 Å². The maximum absolute atomic E-state index is 12.1. The molecule has 0 atom stereocenters. The van der Waals surface area contributed by atoms with Crippen molar-refractivity contribution in [2.45, 2.75) is 13.5 Å². The van der Waals surface area contributed by atoms with Crippen molar-refractivity contribution < 1.29 is 4.79 Å². The molecule has 0 radical (unpaired) electrons. The lowest BCUT2D eigenvalue weighted by atomic mass is 10.3. The molecule has 1 aromatic carbocycles. The van der Waals surface area contributed by atoms with E-state index in [1.54, 1.807) is 11.3 Å². The molecule has 0 aliphatic heterocycles. The second-order valence-corrected chi connectivity index (χ2v) is 6.72. The second-order valence-electron chi connectivity index (χ2n) is 4.44. The highest BCUT2D eigenvalue weighted by Crippen LogP contribution is 2.14. The summed E-state index contributed by atoms with van der Waals surface area (Å²) in [6.07, 6.45) is 0. The van der Waals surface area contributed by atoms with Crippen LogP contribution in [0.5, 0.6) is 0 Å². The monoisotopic (exact) mass is 400 g/mol. The molecule has 1 amide bonds. The summed E-state index contributed by atoms with van der Waals surface area (Å²) >= 11 is 3.96. The predicted molar refractivity (Wildman–Crippen MR) is 93.1 cm³/mol. The first-order chi connectivity index (χ1) is 9.67. The van der Waals surface area contributed by atoms with Crippen LogP contribution in [0.2, 0.25) is 0 Å². The van der Waals surface area contributed by atoms with Gasteiger partial charge in [0.1, 0.15) is 0 Å². The fourth-order valence-corrected chi connectivity index (χ4v) is 3.16. The maximum atomic E-state index is 12.1. The van der Waals surface area contributed by atoms with Crippen molar-refractivity contribution in [2.75, 3.05) is 18.4 Å². The van der Waals surface area contributed by atoms with E-state index in [0.717, 1.165) is 22.3 Å². The third-order valence-corrected chi connectivity index (χ3v) is 4.41. The van der Waals surface area contributed by atoms with E-state index in [9.17, 15) is 4.79 Å². The van der Waals surface area contributed by atoms with Crippen LogP contribution in [0, 0.1) is 3.57 Å². The lowest BCUT2D eigenvalue weighted by Gasteiger charge is -2.19. The number of rotatable bonds is 6. The summed E-state index contributed by atoms with van der Waals surface area (Å²) in [7, 11) is 0. The minimum absolute atomic E-state index is 0.0328. The third-order valence-electron chi connectivity index (χ3n) is 2.88. The molecule has 0 fully saturated rings. The summed E-state index contributed by atoms with van der Waals surface area (Å²) in [4.78, 5) is 15.5. The van der Waals surface area contributed by atoms with E-state index in [0.29, 0.717) is 6.54 Å². The highest BCUT2D eigenvalue weighted by Gasteiger charge is 2.10. The third kappa shape index (κ3) is 4.88. The molecule has 2 aromatic rings. The van der Waals surface area contributed by atoms with E-state index in [4.69, 9.17) is 0 Å². The fraction of sp³-hybridized carbons (Fsp3) is 0.267. The van der Waals surface area contributed by atoms with Crippen LogP contribution in [0.4, 0.5) is 5.69 Å². The van der Waals surface area contributed by atoms with Crippen LogP contribution in [0.3, 0.4) is 0 Å². The summed E-state index contributed by atoms with van der Waals surface area (Å²) < 4.78 is 1.12. The largest absolute Gasteiger partial charge is 0.325 e. The van der Waals surface area contributed by atoms with Crippen molar-refractivity contribution in [2.24, 2.45) is 0 Å². The van der Waals surface area contributed by atoms with Crippen LogP contribution in [-0.4, -0.2) is 23.9 Å². The molecule has 0 spiro atoms. The van der Waals surface area contributed by atoms with E-state index < -0.39 is 0 Å². The molecule has 1 aromatic heterocycles. The van der Waals surface area contributed by atoms with Gasteiger partial charge in [-0.1, -0.05) is 19.1 Å². The number of nitrogens with zero attached hydrogens (tertiary/aromatic N) is 1. The quantitative estimate of drug-likeness (QED) is 0.748. The molecule has 0 saturated carbocycles. The minimum Gasteiger partial charge on any atom is -0.325 e. The summed E-state index contributed by atoms with van der Waals surface area (Å²) in [6.45, 7) is 4.18. The van der Waals surface area contributed by atoms with Gasteiger partial charge in [0.15, 0.2) is 0 Å². The van der Waals surface area contributed by atoms with Crippen LogP contribution in [0.25, 0.3) is 0 Å². The Morgan fingerprint density at radius 3 is 2.85 bits per heavy atom. The van der Waals surface area contributed by atoms with Gasteiger partial charge in [-0.05, 0) is 58.8 Å². The Bertz CT molecular complexity index is 557. The Balaban J connectivity index is 1.89. The number of carbonyl (C=O) groups is 1. The molecule has 1 heterocycles. The highest BCUT2D eigenvalue weighted by molar-refractivity contribution is 14.1. The van der Waals surface area contributed by atoms with Crippen LogP contribution in [0.15, 0.2) is 41.8 Å². The lowest BCUT2D eigenvalue weighted by Crippen LogP contribution is -2.32. The molecule has 3 nitrogen and oxygen atoms in total. The smallest absolute Gasteiger partial charge is 0.238 e. The van der Waals surface area contributed by atoms with Crippen molar-refractivity contribution in [3.05, 3.63) is 50.2 Å². The Hall–Kier alpha value is -0.920. The molecule has 5 heteroatoms. The second kappa shape index (κ2) is 7.75. The molecule has 0 unspecified atom stereocenters. The average molecular weight is 400 g/mol. The zero-order valence-electron chi connectivity index (χ0n) is 11.3. The van der Waals surface area contributed by atoms with E-state index >= 15 is 0 Å². The van der Waals surface area contributed by atoms with Crippen molar-refractivity contribution in [3.8, 4) is 0 Å². The van der Waals surface area contributed by atoms with Crippen LogP contribution >= 0.6 is 33.9 Å². The van der Waals surface area contributed by atoms with Crippen LogP contribution in [-0.2, 0) is 11.3 Å². The molecule has 0 aliphatic rings. The number of nitrogens with one attached hydrogen (secondary N) is 1. The van der Waals surface area contributed by atoms with Gasteiger partial charge in [0, 0.05) is 20.7 Å². The topological polar surface area (TPSA) is 32.3 Å². The first-order valence-electron chi connectivity index (χ1n) is 6.47. The molecule has 0 saturated heterocycles. The number of hydrogen-bond donors (Lipinski definition) is 1. The number of amides is 1. The molecular formula is C15H17IN2OS.